The first kappa shape index (κ1) is 12.7. The molecule has 0 bridgehead atoms. The van der Waals surface area contributed by atoms with Crippen LogP contribution in [-0.2, 0) is 6.42 Å². The Kier molecular flexibility index (Phi) is 3.84. The predicted molar refractivity (Wildman–Crippen MR) is 76.5 cm³/mol. The minimum atomic E-state index is 0.340. The van der Waals surface area contributed by atoms with Gasteiger partial charge in [0.25, 0.3) is 0 Å². The highest BCUT2D eigenvalue weighted by Gasteiger charge is 2.32. The molecule has 2 atom stereocenters. The first-order valence-corrected chi connectivity index (χ1v) is 7.63. The molecule has 2 unspecified atom stereocenters. The third kappa shape index (κ3) is 2.82. The Labute approximate surface area is 117 Å². The lowest BCUT2D eigenvalue weighted by Crippen LogP contribution is -2.31. The van der Waals surface area contributed by atoms with Gasteiger partial charge in [-0.25, -0.2) is 0 Å². The monoisotopic (exact) mass is 275 g/mol. The highest BCUT2D eigenvalue weighted by molar-refractivity contribution is 7.99. The lowest BCUT2D eigenvalue weighted by Gasteiger charge is -2.13. The van der Waals surface area contributed by atoms with E-state index in [0.717, 1.165) is 29.6 Å². The third-order valence-corrected chi connectivity index (χ3v) is 4.65. The highest BCUT2D eigenvalue weighted by atomic mass is 32.2. The summed E-state index contributed by atoms with van der Waals surface area (Å²) in [5.74, 6) is 4.05. The van der Waals surface area contributed by atoms with Gasteiger partial charge >= 0.3 is 0 Å². The van der Waals surface area contributed by atoms with Crippen molar-refractivity contribution < 1.29 is 4.52 Å². The van der Waals surface area contributed by atoms with Gasteiger partial charge in [-0.15, -0.1) is 0 Å². The van der Waals surface area contributed by atoms with Gasteiger partial charge in [0.1, 0.15) is 0 Å². The summed E-state index contributed by atoms with van der Waals surface area (Å²) in [4.78, 5) is 4.55. The van der Waals surface area contributed by atoms with Crippen LogP contribution in [0.2, 0.25) is 0 Å². The van der Waals surface area contributed by atoms with Gasteiger partial charge in [0, 0.05) is 24.0 Å². The summed E-state index contributed by atoms with van der Waals surface area (Å²) in [6, 6.07) is 10.7. The molecule has 2 aromatic rings. The van der Waals surface area contributed by atoms with Crippen LogP contribution in [0.3, 0.4) is 0 Å². The minimum absolute atomic E-state index is 0.340. The van der Waals surface area contributed by atoms with Gasteiger partial charge in [0.05, 0.1) is 5.92 Å². The van der Waals surface area contributed by atoms with Crippen molar-refractivity contribution in [3.8, 4) is 0 Å². The zero-order valence-electron chi connectivity index (χ0n) is 10.9. The van der Waals surface area contributed by atoms with Crippen molar-refractivity contribution in [2.24, 2.45) is 0 Å². The van der Waals surface area contributed by atoms with E-state index in [1.165, 1.54) is 5.56 Å². The average Bonchev–Trinajstić information content (AvgIpc) is 3.07. The largest absolute Gasteiger partial charge is 0.339 e. The molecule has 0 amide bonds. The molecule has 1 fully saturated rings. The summed E-state index contributed by atoms with van der Waals surface area (Å²) in [5.41, 5.74) is 1.21. The first-order valence-electron chi connectivity index (χ1n) is 6.48. The first-order chi connectivity index (χ1) is 9.36. The lowest BCUT2D eigenvalue weighted by atomic mass is 10.0. The minimum Gasteiger partial charge on any atom is -0.339 e. The second kappa shape index (κ2) is 5.75. The van der Waals surface area contributed by atoms with Gasteiger partial charge in [-0.1, -0.05) is 35.5 Å². The number of hydrogen-bond donors (Lipinski definition) is 1. The summed E-state index contributed by atoms with van der Waals surface area (Å²) < 4.78 is 5.44. The molecule has 100 valence electrons. The standard InChI is InChI=1S/C14H17N3OS/c1-15-12-9-19-8-11(12)14-16-13(17-18-14)7-10-5-3-2-4-6-10/h2-6,11-12,15H,7-9H2,1H3. The molecule has 1 saturated heterocycles. The van der Waals surface area contributed by atoms with E-state index < -0.39 is 0 Å². The Bertz CT molecular complexity index is 528. The Morgan fingerprint density at radius 2 is 2.16 bits per heavy atom. The molecule has 5 heteroatoms. The molecule has 0 saturated carbocycles. The number of hydrogen-bond acceptors (Lipinski definition) is 5. The molecule has 0 aliphatic carbocycles. The van der Waals surface area contributed by atoms with Gasteiger partial charge < -0.3 is 9.84 Å². The Morgan fingerprint density at radius 3 is 2.95 bits per heavy atom. The number of aromatic nitrogens is 2. The summed E-state index contributed by atoms with van der Waals surface area (Å²) in [7, 11) is 1.99. The van der Waals surface area contributed by atoms with Crippen molar-refractivity contribution in [3.05, 3.63) is 47.6 Å². The number of nitrogens with zero attached hydrogens (tertiary/aromatic N) is 2. The van der Waals surface area contributed by atoms with E-state index in [0.29, 0.717) is 12.0 Å². The molecule has 3 rings (SSSR count). The Balaban J connectivity index is 1.73. The highest BCUT2D eigenvalue weighted by Crippen LogP contribution is 2.31. The molecule has 0 radical (unpaired) electrons. The fraction of sp³-hybridized carbons (Fsp3) is 0.429. The summed E-state index contributed by atoms with van der Waals surface area (Å²) in [5, 5.41) is 7.42. The van der Waals surface area contributed by atoms with Crippen LogP contribution < -0.4 is 5.32 Å². The van der Waals surface area contributed by atoms with E-state index in [4.69, 9.17) is 4.52 Å². The maximum atomic E-state index is 5.44. The van der Waals surface area contributed by atoms with Gasteiger partial charge in [0.2, 0.25) is 5.89 Å². The van der Waals surface area contributed by atoms with Crippen LogP contribution in [0.5, 0.6) is 0 Å². The predicted octanol–water partition coefficient (Wildman–Crippen LogP) is 2.08. The molecule has 1 aromatic carbocycles. The summed E-state index contributed by atoms with van der Waals surface area (Å²) in [6.45, 7) is 0. The number of rotatable bonds is 4. The molecular weight excluding hydrogens is 258 g/mol. The van der Waals surface area contributed by atoms with Crippen molar-refractivity contribution in [3.63, 3.8) is 0 Å². The van der Waals surface area contributed by atoms with Crippen LogP contribution in [0.4, 0.5) is 0 Å². The van der Waals surface area contributed by atoms with Gasteiger partial charge in [-0.2, -0.15) is 16.7 Å². The van der Waals surface area contributed by atoms with E-state index in [-0.39, 0.29) is 0 Å². The second-order valence-corrected chi connectivity index (χ2v) is 5.83. The normalized spacial score (nSPS) is 22.8. The molecule has 4 nitrogen and oxygen atoms in total. The van der Waals surface area contributed by atoms with E-state index >= 15 is 0 Å². The molecule has 19 heavy (non-hydrogen) atoms. The van der Waals surface area contributed by atoms with Crippen LogP contribution in [-0.4, -0.2) is 34.7 Å². The molecule has 1 aromatic heterocycles. The number of nitrogens with one attached hydrogen (secondary N) is 1. The van der Waals surface area contributed by atoms with Crippen molar-refractivity contribution in [2.75, 3.05) is 18.6 Å². The number of benzene rings is 1. The van der Waals surface area contributed by atoms with Crippen molar-refractivity contribution in [1.82, 2.24) is 15.5 Å². The zero-order chi connectivity index (χ0) is 13.1. The lowest BCUT2D eigenvalue weighted by molar-refractivity contribution is 0.341. The van der Waals surface area contributed by atoms with E-state index in [1.54, 1.807) is 0 Å². The van der Waals surface area contributed by atoms with E-state index in [2.05, 4.69) is 27.6 Å². The molecule has 1 aliphatic heterocycles. The van der Waals surface area contributed by atoms with E-state index in [9.17, 15) is 0 Å². The summed E-state index contributed by atoms with van der Waals surface area (Å²) >= 11 is 1.93. The SMILES string of the molecule is CNC1CSCC1c1nc(Cc2ccccc2)no1. The van der Waals surface area contributed by atoms with Crippen LogP contribution in [0.1, 0.15) is 23.2 Å². The summed E-state index contributed by atoms with van der Waals surface area (Å²) in [6.07, 6.45) is 0.731. The smallest absolute Gasteiger partial charge is 0.232 e. The maximum absolute atomic E-state index is 5.44. The van der Waals surface area contributed by atoms with Gasteiger partial charge in [-0.3, -0.25) is 0 Å². The molecule has 1 aliphatic rings. The van der Waals surface area contributed by atoms with Crippen LogP contribution >= 0.6 is 11.8 Å². The molecular formula is C14H17N3OS. The molecule has 1 N–H and O–H groups in total. The van der Waals surface area contributed by atoms with Crippen LogP contribution in [0.15, 0.2) is 34.9 Å². The van der Waals surface area contributed by atoms with Crippen molar-refractivity contribution >= 4 is 11.8 Å². The average molecular weight is 275 g/mol. The van der Waals surface area contributed by atoms with Crippen LogP contribution in [0.25, 0.3) is 0 Å². The quantitative estimate of drug-likeness (QED) is 0.926. The van der Waals surface area contributed by atoms with Crippen LogP contribution in [0, 0.1) is 0 Å². The Hall–Kier alpha value is -1.33. The molecule has 2 heterocycles. The second-order valence-electron chi connectivity index (χ2n) is 4.75. The van der Waals surface area contributed by atoms with Crippen molar-refractivity contribution in [2.45, 2.75) is 18.4 Å². The maximum Gasteiger partial charge on any atom is 0.232 e. The van der Waals surface area contributed by atoms with Crippen molar-refractivity contribution in [1.29, 1.82) is 0 Å². The Morgan fingerprint density at radius 1 is 1.32 bits per heavy atom. The van der Waals surface area contributed by atoms with Gasteiger partial charge in [-0.05, 0) is 12.6 Å². The fourth-order valence-electron chi connectivity index (χ4n) is 2.35. The van der Waals surface area contributed by atoms with E-state index in [1.807, 2.05) is 37.0 Å². The fourth-order valence-corrected chi connectivity index (χ4v) is 3.77. The number of likely N-dealkylation sites (N-methyl/N-ethyl adjacent to an activating group) is 1. The number of thioether (sulfide) groups is 1. The topological polar surface area (TPSA) is 51.0 Å². The third-order valence-electron chi connectivity index (χ3n) is 3.46. The molecule has 0 spiro atoms. The van der Waals surface area contributed by atoms with Gasteiger partial charge in [0.15, 0.2) is 5.82 Å². The zero-order valence-corrected chi connectivity index (χ0v) is 11.7.